The molecule has 0 bridgehead atoms. The van der Waals surface area contributed by atoms with E-state index in [9.17, 15) is 9.59 Å². The van der Waals surface area contributed by atoms with Crippen LogP contribution in [0.3, 0.4) is 0 Å². The summed E-state index contributed by atoms with van der Waals surface area (Å²) in [6.07, 6.45) is 1.03. The van der Waals surface area contributed by atoms with Gasteiger partial charge < -0.3 is 10.1 Å². The van der Waals surface area contributed by atoms with Gasteiger partial charge >= 0.3 is 5.97 Å². The van der Waals surface area contributed by atoms with Gasteiger partial charge in [0.25, 0.3) is 0 Å². The van der Waals surface area contributed by atoms with Crippen LogP contribution in [0.15, 0.2) is 42.5 Å². The van der Waals surface area contributed by atoms with Crippen molar-refractivity contribution in [2.24, 2.45) is 5.92 Å². The van der Waals surface area contributed by atoms with Gasteiger partial charge in [0.1, 0.15) is 6.04 Å². The van der Waals surface area contributed by atoms with Crippen molar-refractivity contribution in [1.82, 2.24) is 5.32 Å². The van der Waals surface area contributed by atoms with Crippen LogP contribution in [-0.4, -0.2) is 25.0 Å². The predicted octanol–water partition coefficient (Wildman–Crippen LogP) is 3.09. The Kier molecular flexibility index (Phi) is 5.74. The first-order chi connectivity index (χ1) is 11.0. The molecule has 0 aliphatic heterocycles. The first-order valence-electron chi connectivity index (χ1n) is 7.90. The Morgan fingerprint density at radius 3 is 2.48 bits per heavy atom. The largest absolute Gasteiger partial charge is 0.467 e. The lowest BCUT2D eigenvalue weighted by atomic mass is 9.98. The van der Waals surface area contributed by atoms with Crippen molar-refractivity contribution in [3.8, 4) is 0 Å². The second kappa shape index (κ2) is 7.77. The van der Waals surface area contributed by atoms with Gasteiger partial charge in [-0.15, -0.1) is 0 Å². The minimum atomic E-state index is -0.599. The molecular weight excluding hydrogens is 290 g/mol. The number of methoxy groups -OCH3 is 1. The average molecular weight is 313 g/mol. The van der Waals surface area contributed by atoms with Gasteiger partial charge in [-0.05, 0) is 22.3 Å². The normalized spacial score (nSPS) is 13.3. The van der Waals surface area contributed by atoms with Crippen molar-refractivity contribution in [2.75, 3.05) is 7.11 Å². The molecule has 2 aromatic carbocycles. The molecule has 0 aliphatic carbocycles. The smallest absolute Gasteiger partial charge is 0.328 e. The molecule has 4 nitrogen and oxygen atoms in total. The Balaban J connectivity index is 2.08. The van der Waals surface area contributed by atoms with E-state index in [-0.39, 0.29) is 18.2 Å². The third-order valence-corrected chi connectivity index (χ3v) is 4.16. The van der Waals surface area contributed by atoms with E-state index in [0.29, 0.717) is 0 Å². The highest BCUT2D eigenvalue weighted by atomic mass is 16.5. The quantitative estimate of drug-likeness (QED) is 0.834. The van der Waals surface area contributed by atoms with E-state index in [1.807, 2.05) is 56.3 Å². The van der Waals surface area contributed by atoms with E-state index in [2.05, 4.69) is 5.32 Å². The summed E-state index contributed by atoms with van der Waals surface area (Å²) in [5.74, 6) is -0.537. The van der Waals surface area contributed by atoms with Crippen molar-refractivity contribution in [2.45, 2.75) is 32.7 Å². The maximum atomic E-state index is 12.3. The lowest BCUT2D eigenvalue weighted by Crippen LogP contribution is -2.46. The number of carbonyl (C=O) groups excluding carboxylic acids is 2. The zero-order chi connectivity index (χ0) is 16.8. The van der Waals surface area contributed by atoms with Gasteiger partial charge in [-0.25, -0.2) is 4.79 Å². The summed E-state index contributed by atoms with van der Waals surface area (Å²) in [5, 5.41) is 5.04. The number of amides is 1. The van der Waals surface area contributed by atoms with Gasteiger partial charge in [-0.1, -0.05) is 62.7 Å². The van der Waals surface area contributed by atoms with Crippen LogP contribution in [0.4, 0.5) is 0 Å². The van der Waals surface area contributed by atoms with Gasteiger partial charge in [0.05, 0.1) is 13.5 Å². The molecule has 0 radical (unpaired) electrons. The van der Waals surface area contributed by atoms with E-state index in [1.54, 1.807) is 0 Å². The van der Waals surface area contributed by atoms with Gasteiger partial charge in [-0.3, -0.25) is 4.79 Å². The zero-order valence-electron chi connectivity index (χ0n) is 13.8. The average Bonchev–Trinajstić information content (AvgIpc) is 2.58. The summed E-state index contributed by atoms with van der Waals surface area (Å²) >= 11 is 0. The number of esters is 1. The van der Waals surface area contributed by atoms with E-state index >= 15 is 0 Å². The number of ether oxygens (including phenoxy) is 1. The molecule has 0 heterocycles. The molecule has 0 spiro atoms. The van der Waals surface area contributed by atoms with Crippen molar-refractivity contribution >= 4 is 22.6 Å². The number of benzene rings is 2. The number of rotatable bonds is 6. The van der Waals surface area contributed by atoms with E-state index in [4.69, 9.17) is 4.74 Å². The molecule has 0 fully saturated rings. The molecule has 0 saturated heterocycles. The molecule has 0 aromatic heterocycles. The minimum Gasteiger partial charge on any atom is -0.467 e. The fourth-order valence-electron chi connectivity index (χ4n) is 2.55. The monoisotopic (exact) mass is 313 g/mol. The van der Waals surface area contributed by atoms with Crippen LogP contribution in [0.25, 0.3) is 10.8 Å². The first-order valence-corrected chi connectivity index (χ1v) is 7.90. The maximum Gasteiger partial charge on any atom is 0.328 e. The molecule has 23 heavy (non-hydrogen) atoms. The van der Waals surface area contributed by atoms with Crippen LogP contribution in [0.5, 0.6) is 0 Å². The van der Waals surface area contributed by atoms with E-state index in [0.717, 1.165) is 22.8 Å². The summed E-state index contributed by atoms with van der Waals surface area (Å²) in [6, 6.07) is 13.4. The van der Waals surface area contributed by atoms with Crippen molar-refractivity contribution < 1.29 is 14.3 Å². The lowest BCUT2D eigenvalue weighted by Gasteiger charge is -2.21. The van der Waals surface area contributed by atoms with Crippen LogP contribution < -0.4 is 5.32 Å². The molecule has 2 atom stereocenters. The van der Waals surface area contributed by atoms with Crippen LogP contribution in [0, 0.1) is 5.92 Å². The van der Waals surface area contributed by atoms with Gasteiger partial charge in [-0.2, -0.15) is 0 Å². The molecule has 1 amide bonds. The Hall–Kier alpha value is -2.36. The highest BCUT2D eigenvalue weighted by Crippen LogP contribution is 2.16. The predicted molar refractivity (Wildman–Crippen MR) is 91.1 cm³/mol. The summed E-state index contributed by atoms with van der Waals surface area (Å²) in [5.41, 5.74) is 0.925. The van der Waals surface area contributed by atoms with Crippen LogP contribution in [0.2, 0.25) is 0 Å². The standard InChI is InChI=1S/C19H23NO3/c1-4-13(2)18(19(22)23-3)20-17(21)12-14-9-10-15-7-5-6-8-16(15)11-14/h5-11,13,18H,4,12H2,1-3H3,(H,20,21)/t13-,18-/m0/s1. The second-order valence-electron chi connectivity index (χ2n) is 5.81. The lowest BCUT2D eigenvalue weighted by molar-refractivity contribution is -0.146. The molecule has 2 rings (SSSR count). The summed E-state index contributed by atoms with van der Waals surface area (Å²) in [6.45, 7) is 3.91. The zero-order valence-corrected chi connectivity index (χ0v) is 13.8. The summed E-state index contributed by atoms with van der Waals surface area (Å²) in [7, 11) is 1.34. The molecule has 4 heteroatoms. The highest BCUT2D eigenvalue weighted by Gasteiger charge is 2.26. The number of hydrogen-bond donors (Lipinski definition) is 1. The van der Waals surface area contributed by atoms with Crippen LogP contribution in [-0.2, 0) is 20.7 Å². The summed E-state index contributed by atoms with van der Waals surface area (Å²) in [4.78, 5) is 24.1. The molecule has 0 unspecified atom stereocenters. The summed E-state index contributed by atoms with van der Waals surface area (Å²) < 4.78 is 4.79. The number of carbonyl (C=O) groups is 2. The van der Waals surface area contributed by atoms with Crippen LogP contribution >= 0.6 is 0 Å². The maximum absolute atomic E-state index is 12.3. The first kappa shape index (κ1) is 17.0. The van der Waals surface area contributed by atoms with Gasteiger partial charge in [0, 0.05) is 0 Å². The van der Waals surface area contributed by atoms with Crippen molar-refractivity contribution in [1.29, 1.82) is 0 Å². The van der Waals surface area contributed by atoms with Crippen LogP contribution in [0.1, 0.15) is 25.8 Å². The van der Waals surface area contributed by atoms with E-state index < -0.39 is 12.0 Å². The van der Waals surface area contributed by atoms with E-state index in [1.165, 1.54) is 7.11 Å². The van der Waals surface area contributed by atoms with Crippen molar-refractivity contribution in [3.05, 3.63) is 48.0 Å². The molecule has 1 N–H and O–H groups in total. The Morgan fingerprint density at radius 2 is 1.83 bits per heavy atom. The van der Waals surface area contributed by atoms with Gasteiger partial charge in [0.2, 0.25) is 5.91 Å². The molecule has 0 saturated carbocycles. The minimum absolute atomic E-state index is 0.0306. The molecule has 122 valence electrons. The number of fused-ring (bicyclic) bond motifs is 1. The molecular formula is C19H23NO3. The molecule has 0 aliphatic rings. The Labute approximate surface area is 136 Å². The third-order valence-electron chi connectivity index (χ3n) is 4.16. The fourth-order valence-corrected chi connectivity index (χ4v) is 2.55. The topological polar surface area (TPSA) is 55.4 Å². The SMILES string of the molecule is CC[C@H](C)[C@H](NC(=O)Cc1ccc2ccccc2c1)C(=O)OC. The molecule has 2 aromatic rings. The number of hydrogen-bond acceptors (Lipinski definition) is 3. The second-order valence-corrected chi connectivity index (χ2v) is 5.81. The Morgan fingerprint density at radius 1 is 1.13 bits per heavy atom. The van der Waals surface area contributed by atoms with Crippen molar-refractivity contribution in [3.63, 3.8) is 0 Å². The highest BCUT2D eigenvalue weighted by molar-refractivity contribution is 5.88. The fraction of sp³-hybridized carbons (Fsp3) is 0.368. The number of nitrogens with one attached hydrogen (secondary N) is 1. The Bertz CT molecular complexity index is 696. The van der Waals surface area contributed by atoms with Gasteiger partial charge in [0.15, 0.2) is 0 Å². The third kappa shape index (κ3) is 4.31.